The lowest BCUT2D eigenvalue weighted by atomic mass is 10.2. The SMILES string of the molecule is COc1cc(Cl)ccc1C(=O)NS(=O)(=O)/C=C/c1cccc(Cl)c1. The summed E-state index contributed by atoms with van der Waals surface area (Å²) in [6.45, 7) is 0. The zero-order valence-corrected chi connectivity index (χ0v) is 14.8. The van der Waals surface area contributed by atoms with E-state index in [0.29, 0.717) is 15.6 Å². The van der Waals surface area contributed by atoms with E-state index in [1.807, 2.05) is 4.72 Å². The molecule has 1 amide bonds. The Balaban J connectivity index is 2.18. The van der Waals surface area contributed by atoms with Gasteiger partial charge in [-0.2, -0.15) is 0 Å². The van der Waals surface area contributed by atoms with Gasteiger partial charge in [-0.1, -0.05) is 35.3 Å². The van der Waals surface area contributed by atoms with Gasteiger partial charge in [0, 0.05) is 10.0 Å². The third-order valence-corrected chi connectivity index (χ3v) is 4.37. The van der Waals surface area contributed by atoms with Crippen molar-refractivity contribution in [2.45, 2.75) is 0 Å². The molecule has 0 bridgehead atoms. The fourth-order valence-electron chi connectivity index (χ4n) is 1.85. The highest BCUT2D eigenvalue weighted by Gasteiger charge is 2.17. The second-order valence-electron chi connectivity index (χ2n) is 4.68. The zero-order chi connectivity index (χ0) is 17.7. The highest BCUT2D eigenvalue weighted by atomic mass is 35.5. The van der Waals surface area contributed by atoms with Gasteiger partial charge in [0.15, 0.2) is 0 Å². The van der Waals surface area contributed by atoms with E-state index in [4.69, 9.17) is 27.9 Å². The molecule has 0 fully saturated rings. The van der Waals surface area contributed by atoms with Crippen LogP contribution in [-0.2, 0) is 10.0 Å². The van der Waals surface area contributed by atoms with Crippen LogP contribution >= 0.6 is 23.2 Å². The van der Waals surface area contributed by atoms with Gasteiger partial charge in [-0.25, -0.2) is 13.1 Å². The molecule has 0 aromatic heterocycles. The maximum Gasteiger partial charge on any atom is 0.268 e. The van der Waals surface area contributed by atoms with Crippen LogP contribution in [-0.4, -0.2) is 21.4 Å². The number of sulfonamides is 1. The van der Waals surface area contributed by atoms with E-state index in [1.54, 1.807) is 24.3 Å². The van der Waals surface area contributed by atoms with Crippen molar-refractivity contribution in [2.75, 3.05) is 7.11 Å². The number of hydrogen-bond donors (Lipinski definition) is 1. The number of carbonyl (C=O) groups excluding carboxylic acids is 1. The van der Waals surface area contributed by atoms with Crippen LogP contribution in [0.5, 0.6) is 5.75 Å². The Morgan fingerprint density at radius 2 is 1.83 bits per heavy atom. The predicted octanol–water partition coefficient (Wildman–Crippen LogP) is 3.73. The molecule has 1 N–H and O–H groups in total. The Kier molecular flexibility index (Phi) is 5.88. The molecule has 0 radical (unpaired) electrons. The summed E-state index contributed by atoms with van der Waals surface area (Å²) in [7, 11) is -2.63. The molecule has 24 heavy (non-hydrogen) atoms. The largest absolute Gasteiger partial charge is 0.496 e. The minimum atomic E-state index is -3.99. The molecule has 0 saturated carbocycles. The van der Waals surface area contributed by atoms with Crippen molar-refractivity contribution in [2.24, 2.45) is 0 Å². The molecule has 5 nitrogen and oxygen atoms in total. The molecular formula is C16H13Cl2NO4S. The number of nitrogens with one attached hydrogen (secondary N) is 1. The van der Waals surface area contributed by atoms with Gasteiger partial charge in [-0.15, -0.1) is 0 Å². The molecule has 0 aliphatic rings. The molecule has 0 spiro atoms. The van der Waals surface area contributed by atoms with E-state index in [9.17, 15) is 13.2 Å². The summed E-state index contributed by atoms with van der Waals surface area (Å²) < 4.78 is 31.0. The number of methoxy groups -OCH3 is 1. The van der Waals surface area contributed by atoms with Crippen LogP contribution < -0.4 is 9.46 Å². The van der Waals surface area contributed by atoms with Gasteiger partial charge >= 0.3 is 0 Å². The van der Waals surface area contributed by atoms with Crippen LogP contribution in [0.4, 0.5) is 0 Å². The number of carbonyl (C=O) groups is 1. The van der Waals surface area contributed by atoms with Gasteiger partial charge in [0.1, 0.15) is 5.75 Å². The molecule has 0 aliphatic heterocycles. The quantitative estimate of drug-likeness (QED) is 0.850. The molecule has 126 valence electrons. The van der Waals surface area contributed by atoms with E-state index in [1.165, 1.54) is 31.4 Å². The standard InChI is InChI=1S/C16H13Cl2NO4S/c1-23-15-10-13(18)5-6-14(15)16(20)19-24(21,22)8-7-11-3-2-4-12(17)9-11/h2-10H,1H3,(H,19,20)/b8-7+. The van der Waals surface area contributed by atoms with E-state index in [-0.39, 0.29) is 11.3 Å². The topological polar surface area (TPSA) is 72.5 Å². The Labute approximate surface area is 149 Å². The molecule has 2 rings (SSSR count). The first kappa shape index (κ1) is 18.3. The van der Waals surface area contributed by atoms with Crippen molar-refractivity contribution in [1.82, 2.24) is 4.72 Å². The lowest BCUT2D eigenvalue weighted by Gasteiger charge is -2.08. The Hall–Kier alpha value is -2.02. The summed E-state index contributed by atoms with van der Waals surface area (Å²) >= 11 is 11.6. The second-order valence-corrected chi connectivity index (χ2v) is 7.12. The third kappa shape index (κ3) is 4.99. The first-order valence-corrected chi connectivity index (χ1v) is 8.95. The average molecular weight is 386 g/mol. The Morgan fingerprint density at radius 1 is 1.12 bits per heavy atom. The second kappa shape index (κ2) is 7.70. The van der Waals surface area contributed by atoms with Crippen molar-refractivity contribution in [3.05, 3.63) is 69.0 Å². The number of hydrogen-bond acceptors (Lipinski definition) is 4. The fraction of sp³-hybridized carbons (Fsp3) is 0.0625. The lowest BCUT2D eigenvalue weighted by molar-refractivity contribution is 0.0979. The van der Waals surface area contributed by atoms with Crippen molar-refractivity contribution >= 4 is 45.2 Å². The molecule has 0 aliphatic carbocycles. The minimum Gasteiger partial charge on any atom is -0.496 e. The van der Waals surface area contributed by atoms with Crippen LogP contribution in [0.1, 0.15) is 15.9 Å². The smallest absolute Gasteiger partial charge is 0.268 e. The zero-order valence-electron chi connectivity index (χ0n) is 12.5. The molecule has 0 atom stereocenters. The van der Waals surface area contributed by atoms with Crippen molar-refractivity contribution in [3.8, 4) is 5.75 Å². The van der Waals surface area contributed by atoms with Gasteiger partial charge in [-0.05, 0) is 42.0 Å². The van der Waals surface area contributed by atoms with E-state index < -0.39 is 15.9 Å². The number of amides is 1. The van der Waals surface area contributed by atoms with Crippen molar-refractivity contribution < 1.29 is 17.9 Å². The van der Waals surface area contributed by atoms with Gasteiger partial charge in [0.25, 0.3) is 15.9 Å². The lowest BCUT2D eigenvalue weighted by Crippen LogP contribution is -2.29. The van der Waals surface area contributed by atoms with Gasteiger partial charge in [0.05, 0.1) is 18.1 Å². The van der Waals surface area contributed by atoms with Crippen LogP contribution in [0, 0.1) is 0 Å². The van der Waals surface area contributed by atoms with E-state index >= 15 is 0 Å². The maximum atomic E-state index is 12.1. The van der Waals surface area contributed by atoms with Gasteiger partial charge < -0.3 is 4.74 Å². The minimum absolute atomic E-state index is 0.0571. The summed E-state index contributed by atoms with van der Waals surface area (Å²) in [6.07, 6.45) is 1.33. The summed E-state index contributed by atoms with van der Waals surface area (Å²) in [5.74, 6) is -0.645. The van der Waals surface area contributed by atoms with Crippen LogP contribution in [0.3, 0.4) is 0 Å². The molecule has 8 heteroatoms. The Morgan fingerprint density at radius 3 is 2.50 bits per heavy atom. The number of benzene rings is 2. The summed E-state index contributed by atoms with van der Waals surface area (Å²) in [5, 5.41) is 1.73. The molecular weight excluding hydrogens is 373 g/mol. The normalized spacial score (nSPS) is 11.5. The molecule has 0 unspecified atom stereocenters. The maximum absolute atomic E-state index is 12.1. The van der Waals surface area contributed by atoms with E-state index in [2.05, 4.69) is 0 Å². The number of halogens is 2. The van der Waals surface area contributed by atoms with Crippen molar-refractivity contribution in [1.29, 1.82) is 0 Å². The summed E-state index contributed by atoms with van der Waals surface area (Å²) in [5.41, 5.74) is 0.644. The fourth-order valence-corrected chi connectivity index (χ4v) is 2.98. The van der Waals surface area contributed by atoms with Crippen LogP contribution in [0.15, 0.2) is 47.9 Å². The highest BCUT2D eigenvalue weighted by Crippen LogP contribution is 2.23. The first-order chi connectivity index (χ1) is 11.3. The van der Waals surface area contributed by atoms with E-state index in [0.717, 1.165) is 5.41 Å². The third-order valence-electron chi connectivity index (χ3n) is 2.93. The van der Waals surface area contributed by atoms with Crippen LogP contribution in [0.2, 0.25) is 10.0 Å². The molecule has 0 saturated heterocycles. The monoisotopic (exact) mass is 385 g/mol. The Bertz CT molecular complexity index is 895. The van der Waals surface area contributed by atoms with Crippen LogP contribution in [0.25, 0.3) is 6.08 Å². The van der Waals surface area contributed by atoms with Crippen molar-refractivity contribution in [3.63, 3.8) is 0 Å². The summed E-state index contributed by atoms with van der Waals surface area (Å²) in [6, 6.07) is 10.9. The average Bonchev–Trinajstić information content (AvgIpc) is 2.52. The first-order valence-electron chi connectivity index (χ1n) is 6.65. The predicted molar refractivity (Wildman–Crippen MR) is 94.9 cm³/mol. The number of ether oxygens (including phenoxy) is 1. The summed E-state index contributed by atoms with van der Waals surface area (Å²) in [4.78, 5) is 12.1. The molecule has 2 aromatic carbocycles. The molecule has 2 aromatic rings. The number of rotatable bonds is 5. The highest BCUT2D eigenvalue weighted by molar-refractivity contribution is 7.93. The van der Waals surface area contributed by atoms with Gasteiger partial charge in [-0.3, -0.25) is 4.79 Å². The molecule has 0 heterocycles. The van der Waals surface area contributed by atoms with Gasteiger partial charge in [0.2, 0.25) is 0 Å².